The number of aromatic nitrogens is 2. The van der Waals surface area contributed by atoms with E-state index in [1.807, 2.05) is 19.2 Å². The van der Waals surface area contributed by atoms with E-state index in [4.69, 9.17) is 0 Å². The summed E-state index contributed by atoms with van der Waals surface area (Å²) < 4.78 is 12.3. The molecule has 0 spiro atoms. The molecule has 0 aliphatic rings. The van der Waals surface area contributed by atoms with Crippen molar-refractivity contribution in [1.29, 1.82) is 0 Å². The summed E-state index contributed by atoms with van der Waals surface area (Å²) in [6.07, 6.45) is 7.03. The smallest absolute Gasteiger partial charge is 0.308 e. The van der Waals surface area contributed by atoms with Gasteiger partial charge in [-0.3, -0.25) is 0 Å². The molecule has 1 N–H and O–H groups in total. The van der Waals surface area contributed by atoms with Crippen molar-refractivity contribution in [2.45, 2.75) is 6.42 Å². The van der Waals surface area contributed by atoms with Crippen molar-refractivity contribution in [2.24, 2.45) is 0 Å². The van der Waals surface area contributed by atoms with Crippen LogP contribution in [0.5, 0.6) is 0 Å². The lowest BCUT2D eigenvalue weighted by atomic mass is 10.3. The Morgan fingerprint density at radius 3 is 2.77 bits per heavy atom. The lowest BCUT2D eigenvalue weighted by molar-refractivity contribution is 0.538. The van der Waals surface area contributed by atoms with Crippen molar-refractivity contribution < 1.29 is 4.39 Å². The Labute approximate surface area is 76.7 Å². The van der Waals surface area contributed by atoms with Gasteiger partial charge in [0.25, 0.3) is 0 Å². The van der Waals surface area contributed by atoms with E-state index in [0.29, 0.717) is 0 Å². The van der Waals surface area contributed by atoms with E-state index < -0.39 is 6.08 Å². The molecule has 0 aliphatic carbocycles. The topological polar surface area (TPSA) is 37.8 Å². The van der Waals surface area contributed by atoms with Crippen LogP contribution in [0.1, 0.15) is 12.0 Å². The molecule has 70 valence electrons. The quantitative estimate of drug-likeness (QED) is 0.561. The summed E-state index contributed by atoms with van der Waals surface area (Å²) in [7, 11) is 1.90. The monoisotopic (exact) mass is 181 g/mol. The highest BCUT2D eigenvalue weighted by molar-refractivity contribution is 5.45. The SMILES string of the molecule is CNCCC=Cc1cnc(F)nc1. The maximum absolute atomic E-state index is 12.3. The van der Waals surface area contributed by atoms with Gasteiger partial charge in [-0.2, -0.15) is 4.39 Å². The molecule has 0 bridgehead atoms. The number of rotatable bonds is 4. The van der Waals surface area contributed by atoms with Crippen LogP contribution in [0.25, 0.3) is 6.08 Å². The van der Waals surface area contributed by atoms with Crippen LogP contribution >= 0.6 is 0 Å². The van der Waals surface area contributed by atoms with Gasteiger partial charge in [0.2, 0.25) is 0 Å². The molecule has 0 fully saturated rings. The maximum atomic E-state index is 12.3. The van der Waals surface area contributed by atoms with Crippen molar-refractivity contribution in [3.63, 3.8) is 0 Å². The van der Waals surface area contributed by atoms with Crippen molar-refractivity contribution in [3.8, 4) is 0 Å². The fourth-order valence-corrected chi connectivity index (χ4v) is 0.855. The molecule has 0 aromatic carbocycles. The summed E-state index contributed by atoms with van der Waals surface area (Å²) in [5.74, 6) is 0. The lowest BCUT2D eigenvalue weighted by Crippen LogP contribution is -2.05. The van der Waals surface area contributed by atoms with Crippen LogP contribution in [0.4, 0.5) is 4.39 Å². The van der Waals surface area contributed by atoms with Crippen molar-refractivity contribution in [1.82, 2.24) is 15.3 Å². The molecule has 0 aliphatic heterocycles. The number of hydrogen-bond donors (Lipinski definition) is 1. The zero-order chi connectivity index (χ0) is 9.52. The molecule has 1 rings (SSSR count). The molecule has 13 heavy (non-hydrogen) atoms. The van der Waals surface area contributed by atoms with E-state index in [0.717, 1.165) is 18.5 Å². The first-order valence-corrected chi connectivity index (χ1v) is 4.11. The first kappa shape index (κ1) is 9.80. The van der Waals surface area contributed by atoms with Crippen molar-refractivity contribution >= 4 is 6.08 Å². The minimum absolute atomic E-state index is 0.688. The molecular weight excluding hydrogens is 169 g/mol. The van der Waals surface area contributed by atoms with Gasteiger partial charge in [0.05, 0.1) is 0 Å². The van der Waals surface area contributed by atoms with Gasteiger partial charge in [-0.1, -0.05) is 12.2 Å². The van der Waals surface area contributed by atoms with Gasteiger partial charge >= 0.3 is 6.08 Å². The van der Waals surface area contributed by atoms with Crippen LogP contribution in [0.3, 0.4) is 0 Å². The minimum atomic E-state index is -0.688. The van der Waals surface area contributed by atoms with Gasteiger partial charge in [0.1, 0.15) is 0 Å². The Morgan fingerprint density at radius 1 is 1.46 bits per heavy atom. The summed E-state index contributed by atoms with van der Waals surface area (Å²) in [4.78, 5) is 6.87. The molecule has 1 aromatic rings. The predicted octanol–water partition coefficient (Wildman–Crippen LogP) is 1.24. The van der Waals surface area contributed by atoms with Crippen molar-refractivity contribution in [3.05, 3.63) is 30.1 Å². The van der Waals surface area contributed by atoms with Crippen LogP contribution in [-0.2, 0) is 0 Å². The molecule has 1 aromatic heterocycles. The van der Waals surface area contributed by atoms with Gasteiger partial charge < -0.3 is 5.32 Å². The summed E-state index contributed by atoms with van der Waals surface area (Å²) in [5.41, 5.74) is 0.817. The van der Waals surface area contributed by atoms with Crippen LogP contribution < -0.4 is 5.32 Å². The molecule has 0 unspecified atom stereocenters. The number of nitrogens with zero attached hydrogens (tertiary/aromatic N) is 2. The van der Waals surface area contributed by atoms with E-state index in [2.05, 4.69) is 15.3 Å². The van der Waals surface area contributed by atoms with Gasteiger partial charge in [0, 0.05) is 18.0 Å². The van der Waals surface area contributed by atoms with Gasteiger partial charge in [-0.05, 0) is 20.0 Å². The largest absolute Gasteiger partial charge is 0.319 e. The molecule has 0 atom stereocenters. The van der Waals surface area contributed by atoms with Crippen LogP contribution in [0, 0.1) is 6.08 Å². The zero-order valence-electron chi connectivity index (χ0n) is 7.50. The molecular formula is C9H12FN3. The molecule has 0 saturated carbocycles. The fourth-order valence-electron chi connectivity index (χ4n) is 0.855. The van der Waals surface area contributed by atoms with Gasteiger partial charge in [0.15, 0.2) is 0 Å². The molecule has 1 heterocycles. The summed E-state index contributed by atoms with van der Waals surface area (Å²) in [5, 5.41) is 3.02. The van der Waals surface area contributed by atoms with Gasteiger partial charge in [-0.15, -0.1) is 0 Å². The second-order valence-corrected chi connectivity index (χ2v) is 2.58. The Bertz CT molecular complexity index is 269. The Hall–Kier alpha value is -1.29. The molecule has 0 amide bonds. The number of hydrogen-bond acceptors (Lipinski definition) is 3. The normalized spacial score (nSPS) is 10.9. The summed E-state index contributed by atoms with van der Waals surface area (Å²) >= 11 is 0. The zero-order valence-corrected chi connectivity index (χ0v) is 7.50. The Morgan fingerprint density at radius 2 is 2.15 bits per heavy atom. The lowest BCUT2D eigenvalue weighted by Gasteiger charge is -1.92. The minimum Gasteiger partial charge on any atom is -0.319 e. The molecule has 4 heteroatoms. The standard InChI is InChI=1S/C9H12FN3/c1-11-5-3-2-4-8-6-12-9(10)13-7-8/h2,4,6-7,11H,3,5H2,1H3. The second-order valence-electron chi connectivity index (χ2n) is 2.58. The van der Waals surface area contributed by atoms with Gasteiger partial charge in [-0.25, -0.2) is 9.97 Å². The number of halogens is 1. The van der Waals surface area contributed by atoms with E-state index in [-0.39, 0.29) is 0 Å². The first-order chi connectivity index (χ1) is 6.33. The third kappa shape index (κ3) is 3.75. The second kappa shape index (κ2) is 5.37. The van der Waals surface area contributed by atoms with E-state index in [9.17, 15) is 4.39 Å². The Balaban J connectivity index is 2.44. The van der Waals surface area contributed by atoms with Crippen molar-refractivity contribution in [2.75, 3.05) is 13.6 Å². The molecule has 3 nitrogen and oxygen atoms in total. The van der Waals surface area contributed by atoms with E-state index in [1.165, 1.54) is 12.4 Å². The summed E-state index contributed by atoms with van der Waals surface area (Å²) in [6, 6.07) is 0. The highest BCUT2D eigenvalue weighted by atomic mass is 19.1. The van der Waals surface area contributed by atoms with E-state index >= 15 is 0 Å². The third-order valence-electron chi connectivity index (χ3n) is 1.51. The predicted molar refractivity (Wildman–Crippen MR) is 49.6 cm³/mol. The molecule has 0 saturated heterocycles. The maximum Gasteiger partial charge on any atom is 0.308 e. The highest BCUT2D eigenvalue weighted by Crippen LogP contribution is 1.98. The highest BCUT2D eigenvalue weighted by Gasteiger charge is 1.90. The third-order valence-corrected chi connectivity index (χ3v) is 1.51. The Kier molecular flexibility index (Phi) is 4.05. The fraction of sp³-hybridized carbons (Fsp3) is 0.333. The average molecular weight is 181 g/mol. The van der Waals surface area contributed by atoms with Crippen LogP contribution in [0.2, 0.25) is 0 Å². The summed E-state index contributed by atoms with van der Waals surface area (Å²) in [6.45, 7) is 0.929. The average Bonchev–Trinajstić information content (AvgIpc) is 2.15. The van der Waals surface area contributed by atoms with E-state index in [1.54, 1.807) is 0 Å². The van der Waals surface area contributed by atoms with Crippen LogP contribution in [-0.4, -0.2) is 23.6 Å². The van der Waals surface area contributed by atoms with Crippen LogP contribution in [0.15, 0.2) is 18.5 Å². The number of nitrogens with one attached hydrogen (secondary N) is 1. The first-order valence-electron chi connectivity index (χ1n) is 4.11. The molecule has 0 radical (unpaired) electrons.